The molecule has 0 saturated heterocycles. The van der Waals surface area contributed by atoms with Crippen LogP contribution in [0.15, 0.2) is 6.07 Å². The Bertz CT molecular complexity index is 573. The third kappa shape index (κ3) is 3.94. The number of esters is 1. The Labute approximate surface area is 117 Å². The van der Waals surface area contributed by atoms with E-state index in [1.165, 1.54) is 0 Å². The summed E-state index contributed by atoms with van der Waals surface area (Å²) >= 11 is 1.12. The van der Waals surface area contributed by atoms with Gasteiger partial charge in [0.1, 0.15) is 9.88 Å². The topological polar surface area (TPSA) is 72.5 Å². The van der Waals surface area contributed by atoms with Crippen LogP contribution in [0.5, 0.6) is 0 Å². The van der Waals surface area contributed by atoms with Crippen molar-refractivity contribution in [3.8, 4) is 0 Å². The molecule has 19 heavy (non-hydrogen) atoms. The van der Waals surface area contributed by atoms with Crippen LogP contribution in [0, 0.1) is 12.8 Å². The van der Waals surface area contributed by atoms with E-state index in [0.29, 0.717) is 22.4 Å². The van der Waals surface area contributed by atoms with Crippen LogP contribution in [0.1, 0.15) is 35.0 Å². The summed E-state index contributed by atoms with van der Waals surface area (Å²) < 4.78 is 31.1. The second kappa shape index (κ2) is 5.50. The molecule has 0 atom stereocenters. The number of hydrogen-bond donors (Lipinski definition) is 1. The standard InChI is InChI=1S/C12H17NO4S2/c1-3-17-12(14)11-8(2)6-10(18-11)13-19(15,16)7-9-4-5-9/h6,9,13H,3-5,7H2,1-2H3. The first-order valence-corrected chi connectivity index (χ1v) is 8.66. The average Bonchev–Trinajstić information content (AvgIpc) is 3.00. The predicted octanol–water partition coefficient (Wildman–Crippen LogP) is 2.38. The highest BCUT2D eigenvalue weighted by atomic mass is 32.2. The lowest BCUT2D eigenvalue weighted by atomic mass is 10.3. The molecule has 0 spiro atoms. The Morgan fingerprint density at radius 2 is 2.21 bits per heavy atom. The van der Waals surface area contributed by atoms with Crippen molar-refractivity contribution >= 4 is 32.3 Å². The molecule has 1 saturated carbocycles. The van der Waals surface area contributed by atoms with Crippen molar-refractivity contribution in [3.63, 3.8) is 0 Å². The summed E-state index contributed by atoms with van der Waals surface area (Å²) in [7, 11) is -3.30. The first kappa shape index (κ1) is 14.3. The van der Waals surface area contributed by atoms with Gasteiger partial charge >= 0.3 is 5.97 Å². The number of ether oxygens (including phenoxy) is 1. The molecule has 0 aliphatic heterocycles. The minimum atomic E-state index is -3.30. The van der Waals surface area contributed by atoms with Gasteiger partial charge in [0.25, 0.3) is 0 Å². The summed E-state index contributed by atoms with van der Waals surface area (Å²) in [5.41, 5.74) is 0.729. The van der Waals surface area contributed by atoms with Crippen LogP contribution < -0.4 is 4.72 Å². The molecule has 7 heteroatoms. The van der Waals surface area contributed by atoms with Gasteiger partial charge in [-0.05, 0) is 44.2 Å². The fourth-order valence-corrected chi connectivity index (χ4v) is 4.49. The van der Waals surface area contributed by atoms with Gasteiger partial charge in [-0.2, -0.15) is 0 Å². The zero-order valence-electron chi connectivity index (χ0n) is 10.9. The molecular weight excluding hydrogens is 286 g/mol. The number of nitrogens with one attached hydrogen (secondary N) is 1. The lowest BCUT2D eigenvalue weighted by Gasteiger charge is -2.04. The van der Waals surface area contributed by atoms with Gasteiger partial charge in [-0.3, -0.25) is 4.72 Å². The van der Waals surface area contributed by atoms with Crippen LogP contribution in [0.4, 0.5) is 5.00 Å². The average molecular weight is 303 g/mol. The molecule has 1 heterocycles. The number of aryl methyl sites for hydroxylation is 1. The van der Waals surface area contributed by atoms with Crippen LogP contribution >= 0.6 is 11.3 Å². The van der Waals surface area contributed by atoms with Crippen LogP contribution in [0.3, 0.4) is 0 Å². The predicted molar refractivity (Wildman–Crippen MR) is 75.1 cm³/mol. The molecule has 1 N–H and O–H groups in total. The van der Waals surface area contributed by atoms with Crippen molar-refractivity contribution in [2.75, 3.05) is 17.1 Å². The monoisotopic (exact) mass is 303 g/mol. The van der Waals surface area contributed by atoms with Gasteiger partial charge in [0, 0.05) is 0 Å². The van der Waals surface area contributed by atoms with E-state index in [1.807, 2.05) is 0 Å². The third-order valence-corrected chi connectivity index (χ3v) is 5.49. The minimum absolute atomic E-state index is 0.165. The maximum Gasteiger partial charge on any atom is 0.348 e. The van der Waals surface area contributed by atoms with Crippen molar-refractivity contribution < 1.29 is 17.9 Å². The Morgan fingerprint density at radius 3 is 2.79 bits per heavy atom. The maximum absolute atomic E-state index is 11.8. The fraction of sp³-hybridized carbons (Fsp3) is 0.583. The summed E-state index contributed by atoms with van der Waals surface area (Å²) in [5, 5.41) is 0.473. The number of sulfonamides is 1. The van der Waals surface area contributed by atoms with Gasteiger partial charge < -0.3 is 4.74 Å². The second-order valence-corrected chi connectivity index (χ2v) is 7.49. The molecule has 5 nitrogen and oxygen atoms in total. The molecule has 1 aliphatic rings. The molecule has 1 fully saturated rings. The molecule has 106 valence electrons. The highest BCUT2D eigenvalue weighted by Gasteiger charge is 2.28. The van der Waals surface area contributed by atoms with E-state index in [0.717, 1.165) is 29.7 Å². The van der Waals surface area contributed by atoms with E-state index in [9.17, 15) is 13.2 Å². The number of thiophene rings is 1. The Morgan fingerprint density at radius 1 is 1.53 bits per heavy atom. The largest absolute Gasteiger partial charge is 0.462 e. The lowest BCUT2D eigenvalue weighted by Crippen LogP contribution is -2.17. The first-order chi connectivity index (χ1) is 8.91. The maximum atomic E-state index is 11.8. The van der Waals surface area contributed by atoms with Gasteiger partial charge in [-0.1, -0.05) is 0 Å². The summed E-state index contributed by atoms with van der Waals surface area (Å²) in [6.45, 7) is 3.81. The lowest BCUT2D eigenvalue weighted by molar-refractivity contribution is 0.0531. The molecule has 1 aromatic rings. The zero-order valence-corrected chi connectivity index (χ0v) is 12.6. The highest BCUT2D eigenvalue weighted by Crippen LogP contribution is 2.32. The Kier molecular flexibility index (Phi) is 4.15. The molecular formula is C12H17NO4S2. The van der Waals surface area contributed by atoms with Crippen LogP contribution in [-0.4, -0.2) is 26.7 Å². The molecule has 2 rings (SSSR count). The van der Waals surface area contributed by atoms with Crippen LogP contribution in [0.25, 0.3) is 0 Å². The number of anilines is 1. The number of rotatable bonds is 6. The number of carbonyl (C=O) groups is 1. The normalized spacial score (nSPS) is 15.3. The van der Waals surface area contributed by atoms with E-state index in [2.05, 4.69) is 4.72 Å². The summed E-state index contributed by atoms with van der Waals surface area (Å²) in [4.78, 5) is 12.1. The SMILES string of the molecule is CCOC(=O)c1sc(NS(=O)(=O)CC2CC2)cc1C. The van der Waals surface area contributed by atoms with Crippen molar-refractivity contribution in [2.45, 2.75) is 26.7 Å². The smallest absolute Gasteiger partial charge is 0.348 e. The van der Waals surface area contributed by atoms with E-state index < -0.39 is 16.0 Å². The Hall–Kier alpha value is -1.08. The summed E-state index contributed by atoms with van der Waals surface area (Å²) in [6, 6.07) is 1.67. The molecule has 0 bridgehead atoms. The molecule has 0 unspecified atom stereocenters. The first-order valence-electron chi connectivity index (χ1n) is 6.19. The molecule has 1 aliphatic carbocycles. The number of hydrogen-bond acceptors (Lipinski definition) is 5. The van der Waals surface area contributed by atoms with E-state index in [1.54, 1.807) is 19.9 Å². The third-order valence-electron chi connectivity index (χ3n) is 2.79. The van der Waals surface area contributed by atoms with Crippen molar-refractivity contribution in [1.82, 2.24) is 0 Å². The zero-order chi connectivity index (χ0) is 14.0. The van der Waals surface area contributed by atoms with E-state index in [-0.39, 0.29) is 5.75 Å². The van der Waals surface area contributed by atoms with Crippen molar-refractivity contribution in [1.29, 1.82) is 0 Å². The fourth-order valence-electron chi connectivity index (χ4n) is 1.72. The van der Waals surface area contributed by atoms with Crippen LogP contribution in [-0.2, 0) is 14.8 Å². The van der Waals surface area contributed by atoms with Gasteiger partial charge in [-0.15, -0.1) is 11.3 Å². The van der Waals surface area contributed by atoms with Crippen LogP contribution in [0.2, 0.25) is 0 Å². The molecule has 1 aromatic heterocycles. The quantitative estimate of drug-likeness (QED) is 0.819. The van der Waals surface area contributed by atoms with Crippen molar-refractivity contribution in [3.05, 3.63) is 16.5 Å². The molecule has 0 aromatic carbocycles. The van der Waals surface area contributed by atoms with Crippen molar-refractivity contribution in [2.24, 2.45) is 5.92 Å². The molecule has 0 radical (unpaired) electrons. The van der Waals surface area contributed by atoms with E-state index in [4.69, 9.17) is 4.74 Å². The molecule has 0 amide bonds. The van der Waals surface area contributed by atoms with Gasteiger partial charge in [-0.25, -0.2) is 13.2 Å². The second-order valence-electron chi connectivity index (χ2n) is 4.67. The van der Waals surface area contributed by atoms with E-state index >= 15 is 0 Å². The van der Waals surface area contributed by atoms with Gasteiger partial charge in [0.15, 0.2) is 0 Å². The van der Waals surface area contributed by atoms with Gasteiger partial charge in [0.2, 0.25) is 10.0 Å². The summed E-state index contributed by atoms with van der Waals surface area (Å²) in [5.74, 6) is 0.0549. The Balaban J connectivity index is 2.09. The highest BCUT2D eigenvalue weighted by molar-refractivity contribution is 7.92. The summed E-state index contributed by atoms with van der Waals surface area (Å²) in [6.07, 6.45) is 1.97. The number of carbonyl (C=O) groups excluding carboxylic acids is 1. The minimum Gasteiger partial charge on any atom is -0.462 e. The van der Waals surface area contributed by atoms with Gasteiger partial charge in [0.05, 0.1) is 12.4 Å².